The quantitative estimate of drug-likeness (QED) is 0.345. The van der Waals surface area contributed by atoms with Crippen molar-refractivity contribution in [2.45, 2.75) is 38.6 Å². The molecule has 0 unspecified atom stereocenters. The zero-order valence-corrected chi connectivity index (χ0v) is 23.3. The number of anilines is 3. The lowest BCUT2D eigenvalue weighted by Crippen LogP contribution is -2.27. The highest BCUT2D eigenvalue weighted by Crippen LogP contribution is 2.47. The number of rotatable bonds is 8. The monoisotopic (exact) mass is 527 g/mol. The van der Waals surface area contributed by atoms with Gasteiger partial charge in [-0.3, -0.25) is 4.79 Å². The predicted molar refractivity (Wildman–Crippen MR) is 157 cm³/mol. The number of nitrogens with one attached hydrogen (secondary N) is 2. The molecule has 3 aromatic carbocycles. The molecule has 0 amide bonds. The van der Waals surface area contributed by atoms with E-state index in [4.69, 9.17) is 14.2 Å². The second-order valence-electron chi connectivity index (χ2n) is 9.89. The molecule has 0 bridgehead atoms. The minimum atomic E-state index is -0.254. The summed E-state index contributed by atoms with van der Waals surface area (Å²) >= 11 is 0. The number of Topliss-reactive ketones (excluding diaryl/α,β-unsaturated/α-hetero) is 1. The fourth-order valence-electron chi connectivity index (χ4n) is 5.78. The van der Waals surface area contributed by atoms with Gasteiger partial charge >= 0.3 is 0 Å². The molecule has 204 valence electrons. The van der Waals surface area contributed by atoms with E-state index in [1.54, 1.807) is 21.3 Å². The van der Waals surface area contributed by atoms with Crippen LogP contribution in [0, 0.1) is 0 Å². The summed E-state index contributed by atoms with van der Waals surface area (Å²) in [6.45, 7) is 6.22. The van der Waals surface area contributed by atoms with Gasteiger partial charge in [0.25, 0.3) is 0 Å². The van der Waals surface area contributed by atoms with Crippen molar-refractivity contribution in [1.29, 1.82) is 0 Å². The molecule has 2 aliphatic rings. The molecule has 5 rings (SSSR count). The van der Waals surface area contributed by atoms with E-state index in [0.717, 1.165) is 46.9 Å². The Kier molecular flexibility index (Phi) is 7.68. The summed E-state index contributed by atoms with van der Waals surface area (Å²) in [7, 11) is 4.81. The highest BCUT2D eigenvalue weighted by atomic mass is 16.5. The molecule has 0 aromatic heterocycles. The molecule has 1 aliphatic heterocycles. The van der Waals surface area contributed by atoms with Crippen molar-refractivity contribution in [3.8, 4) is 17.2 Å². The van der Waals surface area contributed by atoms with Gasteiger partial charge in [0.05, 0.1) is 38.7 Å². The number of para-hydroxylation sites is 2. The Balaban J connectivity index is 1.56. The Morgan fingerprint density at radius 2 is 1.46 bits per heavy atom. The molecule has 0 fully saturated rings. The highest BCUT2D eigenvalue weighted by Gasteiger charge is 2.36. The van der Waals surface area contributed by atoms with E-state index >= 15 is 0 Å². The van der Waals surface area contributed by atoms with E-state index < -0.39 is 0 Å². The second kappa shape index (κ2) is 11.3. The average Bonchev–Trinajstić information content (AvgIpc) is 3.14. The SMILES string of the molecule is CCN(CC)c1ccc([C@H]2Nc3ccccc3NC3=C2C(=O)C[C@H](c2cc(OC)c(OC)c(OC)c2)C3)cc1. The lowest BCUT2D eigenvalue weighted by Gasteiger charge is -2.30. The van der Waals surface area contributed by atoms with Crippen LogP contribution < -0.4 is 29.7 Å². The smallest absolute Gasteiger partial charge is 0.203 e. The van der Waals surface area contributed by atoms with Crippen molar-refractivity contribution in [1.82, 2.24) is 0 Å². The molecule has 2 atom stereocenters. The van der Waals surface area contributed by atoms with E-state index in [1.807, 2.05) is 30.3 Å². The summed E-state index contributed by atoms with van der Waals surface area (Å²) in [6.07, 6.45) is 1.08. The predicted octanol–water partition coefficient (Wildman–Crippen LogP) is 6.54. The molecule has 0 saturated carbocycles. The minimum Gasteiger partial charge on any atom is -0.493 e. The largest absolute Gasteiger partial charge is 0.493 e. The maximum absolute atomic E-state index is 14.0. The van der Waals surface area contributed by atoms with Crippen LogP contribution in [0.4, 0.5) is 17.1 Å². The summed E-state index contributed by atoms with van der Waals surface area (Å²) < 4.78 is 16.7. The van der Waals surface area contributed by atoms with Crippen LogP contribution in [0.3, 0.4) is 0 Å². The molecule has 2 N–H and O–H groups in total. The summed E-state index contributed by atoms with van der Waals surface area (Å²) in [5, 5.41) is 7.30. The maximum Gasteiger partial charge on any atom is 0.203 e. The zero-order valence-electron chi connectivity index (χ0n) is 23.3. The van der Waals surface area contributed by atoms with Crippen molar-refractivity contribution in [2.24, 2.45) is 0 Å². The Labute approximate surface area is 230 Å². The van der Waals surface area contributed by atoms with Crippen LogP contribution in [-0.4, -0.2) is 40.2 Å². The van der Waals surface area contributed by atoms with Gasteiger partial charge in [0, 0.05) is 36.5 Å². The number of fused-ring (bicyclic) bond motifs is 1. The Morgan fingerprint density at radius 1 is 0.821 bits per heavy atom. The molecular weight excluding hydrogens is 490 g/mol. The molecule has 7 heteroatoms. The molecular formula is C32H37N3O4. The number of methoxy groups -OCH3 is 3. The molecule has 0 saturated heterocycles. The number of carbonyl (C=O) groups excluding carboxylic acids is 1. The molecule has 0 radical (unpaired) electrons. The Hall–Kier alpha value is -4.13. The van der Waals surface area contributed by atoms with Crippen molar-refractivity contribution >= 4 is 22.8 Å². The maximum atomic E-state index is 14.0. The third kappa shape index (κ3) is 5.01. The van der Waals surface area contributed by atoms with Gasteiger partial charge in [-0.15, -0.1) is 0 Å². The highest BCUT2D eigenvalue weighted by molar-refractivity contribution is 6.01. The standard InChI is InChI=1S/C32H37N3O4/c1-6-35(7-2)23-14-12-20(13-15-23)31-30-26(33-24-10-8-9-11-25(24)34-31)16-21(17-27(30)36)22-18-28(37-3)32(39-5)29(19-22)38-4/h8-15,18-19,21,31,33-34H,6-7,16-17H2,1-5H3/t21-,31-/m1/s1. The molecule has 7 nitrogen and oxygen atoms in total. The summed E-state index contributed by atoms with van der Waals surface area (Å²) in [5.41, 5.74) is 6.91. The molecule has 1 aliphatic carbocycles. The fourth-order valence-corrected chi connectivity index (χ4v) is 5.78. The van der Waals surface area contributed by atoms with Crippen molar-refractivity contribution in [3.63, 3.8) is 0 Å². The number of ketones is 1. The van der Waals surface area contributed by atoms with Gasteiger partial charge in [0.15, 0.2) is 17.3 Å². The van der Waals surface area contributed by atoms with Crippen LogP contribution >= 0.6 is 0 Å². The van der Waals surface area contributed by atoms with Crippen molar-refractivity contribution < 1.29 is 19.0 Å². The van der Waals surface area contributed by atoms with E-state index in [-0.39, 0.29) is 17.7 Å². The topological polar surface area (TPSA) is 72.1 Å². The lowest BCUT2D eigenvalue weighted by molar-refractivity contribution is -0.116. The molecule has 3 aromatic rings. The van der Waals surface area contributed by atoms with Gasteiger partial charge in [-0.25, -0.2) is 0 Å². The first-order valence-corrected chi connectivity index (χ1v) is 13.5. The van der Waals surface area contributed by atoms with E-state index in [2.05, 4.69) is 59.7 Å². The van der Waals surface area contributed by atoms with Crippen LogP contribution in [0.15, 0.2) is 71.9 Å². The second-order valence-corrected chi connectivity index (χ2v) is 9.89. The van der Waals surface area contributed by atoms with Crippen LogP contribution in [0.1, 0.15) is 49.8 Å². The summed E-state index contributed by atoms with van der Waals surface area (Å²) in [5.74, 6) is 1.82. The van der Waals surface area contributed by atoms with E-state index in [0.29, 0.717) is 30.1 Å². The van der Waals surface area contributed by atoms with Gasteiger partial charge in [0.1, 0.15) is 0 Å². The Bertz CT molecular complexity index is 1350. The van der Waals surface area contributed by atoms with Gasteiger partial charge in [0.2, 0.25) is 5.75 Å². The van der Waals surface area contributed by atoms with E-state index in [9.17, 15) is 4.79 Å². The summed E-state index contributed by atoms with van der Waals surface area (Å²) in [4.78, 5) is 16.3. The lowest BCUT2D eigenvalue weighted by atomic mass is 9.78. The molecule has 39 heavy (non-hydrogen) atoms. The number of allylic oxidation sites excluding steroid dienone is 1. The third-order valence-electron chi connectivity index (χ3n) is 7.82. The number of benzene rings is 3. The van der Waals surface area contributed by atoms with Crippen molar-refractivity contribution in [2.75, 3.05) is 50.0 Å². The minimum absolute atomic E-state index is 0.0339. The van der Waals surface area contributed by atoms with Crippen LogP contribution in [0.5, 0.6) is 17.2 Å². The first-order chi connectivity index (χ1) is 19.0. The first kappa shape index (κ1) is 26.5. The fraction of sp³-hybridized carbons (Fsp3) is 0.344. The first-order valence-electron chi connectivity index (χ1n) is 13.5. The van der Waals surface area contributed by atoms with Gasteiger partial charge in [-0.05, 0) is 73.7 Å². The Morgan fingerprint density at radius 3 is 2.05 bits per heavy atom. The van der Waals surface area contributed by atoms with Gasteiger partial charge < -0.3 is 29.7 Å². The normalized spacial score (nSPS) is 18.2. The van der Waals surface area contributed by atoms with Crippen LogP contribution in [0.2, 0.25) is 0 Å². The molecule has 0 spiro atoms. The van der Waals surface area contributed by atoms with E-state index in [1.165, 1.54) is 5.69 Å². The van der Waals surface area contributed by atoms with Gasteiger partial charge in [-0.1, -0.05) is 24.3 Å². The molecule has 1 heterocycles. The number of hydrogen-bond acceptors (Lipinski definition) is 7. The van der Waals surface area contributed by atoms with Crippen LogP contribution in [-0.2, 0) is 4.79 Å². The number of ether oxygens (including phenoxy) is 3. The van der Waals surface area contributed by atoms with Gasteiger partial charge in [-0.2, -0.15) is 0 Å². The van der Waals surface area contributed by atoms with Crippen molar-refractivity contribution in [3.05, 3.63) is 83.1 Å². The van der Waals surface area contributed by atoms with Crippen LogP contribution in [0.25, 0.3) is 0 Å². The number of nitrogens with zero attached hydrogens (tertiary/aromatic N) is 1. The summed E-state index contributed by atoms with van der Waals surface area (Å²) in [6, 6.07) is 20.4. The number of carbonyl (C=O) groups is 1. The third-order valence-corrected chi connectivity index (χ3v) is 7.82. The zero-order chi connectivity index (χ0) is 27.5. The number of hydrogen-bond donors (Lipinski definition) is 2. The average molecular weight is 528 g/mol.